The molecule has 0 unspecified atom stereocenters. The predicted molar refractivity (Wildman–Crippen MR) is 95.1 cm³/mol. The molecular formula is C17H17F3N6O3. The van der Waals surface area contributed by atoms with Crippen LogP contribution in [0, 0.1) is 0 Å². The Labute approximate surface area is 161 Å². The number of aryl methyl sites for hydroxylation is 1. The Balaban J connectivity index is 1.55. The highest BCUT2D eigenvalue weighted by Gasteiger charge is 2.35. The van der Waals surface area contributed by atoms with Crippen molar-refractivity contribution in [2.45, 2.75) is 24.9 Å². The molecular weight excluding hydrogens is 393 g/mol. The van der Waals surface area contributed by atoms with Gasteiger partial charge in [0.1, 0.15) is 0 Å². The second-order valence-corrected chi connectivity index (χ2v) is 6.92. The Morgan fingerprint density at radius 2 is 2.00 bits per heavy atom. The summed E-state index contributed by atoms with van der Waals surface area (Å²) in [5.41, 5.74) is 3.22. The first-order chi connectivity index (χ1) is 13.6. The van der Waals surface area contributed by atoms with Gasteiger partial charge in [-0.1, -0.05) is 0 Å². The van der Waals surface area contributed by atoms with Crippen LogP contribution in [-0.4, -0.2) is 43.6 Å². The second kappa shape index (κ2) is 6.64. The van der Waals surface area contributed by atoms with Crippen LogP contribution < -0.4 is 11.3 Å². The molecule has 0 saturated carbocycles. The molecule has 3 aromatic rings. The highest BCUT2D eigenvalue weighted by molar-refractivity contribution is 5.96. The number of furan rings is 1. The third-order valence-corrected chi connectivity index (χ3v) is 5.01. The number of fused-ring (bicyclic) bond motifs is 1. The molecule has 0 spiro atoms. The van der Waals surface area contributed by atoms with Gasteiger partial charge in [-0.2, -0.15) is 23.3 Å². The standard InChI is InChI=1S/C17H17F3N6O3/c1-25-16(21)23-13(24-25)8-2-4-26(5-3-8)15(28)11-6-9-10(17(18,19)20)7-12(27)22-14(9)29-11/h6-8H,2-5H2,1H3,(H,22,27)(H2,21,23,24). The third kappa shape index (κ3) is 3.45. The van der Waals surface area contributed by atoms with E-state index < -0.39 is 23.2 Å². The van der Waals surface area contributed by atoms with Gasteiger partial charge < -0.3 is 15.1 Å². The fraction of sp³-hybridized carbons (Fsp3) is 0.412. The van der Waals surface area contributed by atoms with Crippen molar-refractivity contribution in [2.75, 3.05) is 18.8 Å². The van der Waals surface area contributed by atoms with Gasteiger partial charge in [0.25, 0.3) is 11.5 Å². The molecule has 4 heterocycles. The lowest BCUT2D eigenvalue weighted by molar-refractivity contribution is -0.136. The van der Waals surface area contributed by atoms with E-state index in [1.54, 1.807) is 7.05 Å². The number of anilines is 1. The molecule has 0 aromatic carbocycles. The summed E-state index contributed by atoms with van der Waals surface area (Å²) in [4.78, 5) is 32.1. The molecule has 0 aliphatic carbocycles. The van der Waals surface area contributed by atoms with Crippen molar-refractivity contribution in [3.05, 3.63) is 39.6 Å². The van der Waals surface area contributed by atoms with Crippen LogP contribution in [0.5, 0.6) is 0 Å². The van der Waals surface area contributed by atoms with Crippen LogP contribution in [0.15, 0.2) is 21.3 Å². The molecule has 1 aliphatic heterocycles. The molecule has 29 heavy (non-hydrogen) atoms. The number of nitrogens with one attached hydrogen (secondary N) is 1. The minimum atomic E-state index is -4.74. The van der Waals surface area contributed by atoms with E-state index in [4.69, 9.17) is 10.2 Å². The zero-order chi connectivity index (χ0) is 20.9. The Hall–Kier alpha value is -3.31. The van der Waals surface area contributed by atoms with Gasteiger partial charge in [0.15, 0.2) is 11.6 Å². The normalized spacial score (nSPS) is 15.9. The van der Waals surface area contributed by atoms with Crippen molar-refractivity contribution in [3.8, 4) is 0 Å². The number of hydrogen-bond acceptors (Lipinski definition) is 6. The molecule has 0 radical (unpaired) electrons. The van der Waals surface area contributed by atoms with E-state index in [0.29, 0.717) is 43.8 Å². The topological polar surface area (TPSA) is 123 Å². The predicted octanol–water partition coefficient (Wildman–Crippen LogP) is 1.87. The Bertz CT molecular complexity index is 1120. The summed E-state index contributed by atoms with van der Waals surface area (Å²) in [6, 6.07) is 1.46. The first-order valence-corrected chi connectivity index (χ1v) is 8.83. The highest BCUT2D eigenvalue weighted by Crippen LogP contribution is 2.35. The molecule has 3 N–H and O–H groups in total. The Morgan fingerprint density at radius 1 is 1.31 bits per heavy atom. The van der Waals surface area contributed by atoms with E-state index in [0.717, 1.165) is 6.07 Å². The third-order valence-electron chi connectivity index (χ3n) is 5.01. The number of carbonyl (C=O) groups is 1. The number of piperidine rings is 1. The molecule has 12 heteroatoms. The minimum Gasteiger partial charge on any atom is -0.434 e. The van der Waals surface area contributed by atoms with Crippen molar-refractivity contribution in [3.63, 3.8) is 0 Å². The average molecular weight is 410 g/mol. The van der Waals surface area contributed by atoms with Crippen molar-refractivity contribution < 1.29 is 22.4 Å². The van der Waals surface area contributed by atoms with E-state index in [-0.39, 0.29) is 22.8 Å². The van der Waals surface area contributed by atoms with E-state index in [9.17, 15) is 22.8 Å². The zero-order valence-corrected chi connectivity index (χ0v) is 15.3. The number of rotatable bonds is 2. The molecule has 9 nitrogen and oxygen atoms in total. The van der Waals surface area contributed by atoms with Crippen molar-refractivity contribution >= 4 is 23.0 Å². The van der Waals surface area contributed by atoms with Gasteiger partial charge in [-0.25, -0.2) is 4.68 Å². The average Bonchev–Trinajstić information content (AvgIpc) is 3.23. The van der Waals surface area contributed by atoms with E-state index in [2.05, 4.69) is 15.1 Å². The molecule has 1 saturated heterocycles. The Morgan fingerprint density at radius 3 is 2.59 bits per heavy atom. The van der Waals surface area contributed by atoms with Gasteiger partial charge in [0.2, 0.25) is 11.7 Å². The van der Waals surface area contributed by atoms with Gasteiger partial charge in [-0.3, -0.25) is 14.6 Å². The lowest BCUT2D eigenvalue weighted by atomic mass is 9.96. The second-order valence-electron chi connectivity index (χ2n) is 6.92. The lowest BCUT2D eigenvalue weighted by Gasteiger charge is -2.30. The number of aromatic nitrogens is 4. The van der Waals surface area contributed by atoms with Crippen molar-refractivity contribution in [1.29, 1.82) is 0 Å². The van der Waals surface area contributed by atoms with Gasteiger partial charge in [-0.15, -0.1) is 0 Å². The molecule has 1 fully saturated rings. The number of halogens is 3. The van der Waals surface area contributed by atoms with Gasteiger partial charge in [0.05, 0.1) is 10.9 Å². The fourth-order valence-corrected chi connectivity index (χ4v) is 3.47. The maximum absolute atomic E-state index is 13.2. The first kappa shape index (κ1) is 19.0. The molecule has 154 valence electrons. The molecule has 0 bridgehead atoms. The summed E-state index contributed by atoms with van der Waals surface area (Å²) in [5.74, 6) is 0.142. The molecule has 1 aliphatic rings. The van der Waals surface area contributed by atoms with E-state index in [1.807, 2.05) is 0 Å². The summed E-state index contributed by atoms with van der Waals surface area (Å²) in [7, 11) is 1.69. The van der Waals surface area contributed by atoms with Crippen LogP contribution in [0.1, 0.15) is 40.7 Å². The summed E-state index contributed by atoms with van der Waals surface area (Å²) in [6.45, 7) is 0.725. The van der Waals surface area contributed by atoms with Crippen LogP contribution in [0.25, 0.3) is 11.1 Å². The lowest BCUT2D eigenvalue weighted by Crippen LogP contribution is -2.38. The Kier molecular flexibility index (Phi) is 4.35. The molecule has 0 atom stereocenters. The summed E-state index contributed by atoms with van der Waals surface area (Å²) >= 11 is 0. The quantitative estimate of drug-likeness (QED) is 0.665. The van der Waals surface area contributed by atoms with E-state index >= 15 is 0 Å². The summed E-state index contributed by atoms with van der Waals surface area (Å²) < 4.78 is 46.3. The van der Waals surface area contributed by atoms with Crippen molar-refractivity contribution in [1.82, 2.24) is 24.6 Å². The number of amides is 1. The number of carbonyl (C=O) groups excluding carboxylic acids is 1. The number of alkyl halides is 3. The smallest absolute Gasteiger partial charge is 0.417 e. The number of likely N-dealkylation sites (tertiary alicyclic amines) is 1. The zero-order valence-electron chi connectivity index (χ0n) is 15.3. The van der Waals surface area contributed by atoms with Gasteiger partial charge >= 0.3 is 6.18 Å². The number of pyridine rings is 1. The maximum Gasteiger partial charge on any atom is 0.417 e. The SMILES string of the molecule is Cn1nc(C2CCN(C(=O)c3cc4c(C(F)(F)F)cc(=O)[nH]c4o3)CC2)nc1N. The fourth-order valence-electron chi connectivity index (χ4n) is 3.47. The molecule has 4 rings (SSSR count). The van der Waals surface area contributed by atoms with Crippen molar-refractivity contribution in [2.24, 2.45) is 7.05 Å². The van der Waals surface area contributed by atoms with E-state index in [1.165, 1.54) is 9.58 Å². The highest BCUT2D eigenvalue weighted by atomic mass is 19.4. The van der Waals surface area contributed by atoms with Crippen LogP contribution in [0.2, 0.25) is 0 Å². The number of nitrogens with zero attached hydrogens (tertiary/aromatic N) is 4. The number of nitrogens with two attached hydrogens (primary N) is 1. The molecule has 3 aromatic heterocycles. The summed E-state index contributed by atoms with van der Waals surface area (Å²) in [6.07, 6.45) is -3.58. The van der Waals surface area contributed by atoms with Gasteiger partial charge in [-0.05, 0) is 18.9 Å². The molecule has 1 amide bonds. The number of nitrogen functional groups attached to an aromatic ring is 1. The maximum atomic E-state index is 13.2. The van der Waals surface area contributed by atoms with Crippen LogP contribution in [0.3, 0.4) is 0 Å². The number of aromatic amines is 1. The summed E-state index contributed by atoms with van der Waals surface area (Å²) in [5, 5.41) is 3.89. The largest absolute Gasteiger partial charge is 0.434 e. The van der Waals surface area contributed by atoms with Crippen LogP contribution in [-0.2, 0) is 13.2 Å². The van der Waals surface area contributed by atoms with Crippen LogP contribution >= 0.6 is 0 Å². The van der Waals surface area contributed by atoms with Crippen LogP contribution in [0.4, 0.5) is 19.1 Å². The number of H-pyrrole nitrogens is 1. The monoisotopic (exact) mass is 410 g/mol. The minimum absolute atomic E-state index is 0.0337. The number of hydrogen-bond donors (Lipinski definition) is 2. The van der Waals surface area contributed by atoms with Gasteiger partial charge in [0, 0.05) is 32.1 Å². The first-order valence-electron chi connectivity index (χ1n) is 8.83.